The minimum atomic E-state index is -0.478. The molecule has 4 aliphatic heterocycles. The van der Waals surface area contributed by atoms with Crippen molar-refractivity contribution in [1.29, 1.82) is 0 Å². The van der Waals surface area contributed by atoms with E-state index >= 15 is 0 Å². The molecule has 0 saturated heterocycles. The molecule has 0 N–H and O–H groups in total. The molecule has 0 unspecified atom stereocenters. The predicted octanol–water partition coefficient (Wildman–Crippen LogP) is 10.9. The van der Waals surface area contributed by atoms with Gasteiger partial charge in [-0.15, -0.1) is 0 Å². The monoisotopic (exact) mass is 932 g/mol. The highest BCUT2D eigenvalue weighted by Crippen LogP contribution is 2.48. The average molecular weight is 933 g/mol. The topological polar surface area (TPSA) is 150 Å². The van der Waals surface area contributed by atoms with Gasteiger partial charge < -0.3 is 0 Å². The molecule has 0 saturated carbocycles. The Hall–Kier alpha value is -8.64. The van der Waals surface area contributed by atoms with Gasteiger partial charge in [-0.25, -0.2) is 0 Å². The van der Waals surface area contributed by atoms with E-state index in [0.29, 0.717) is 85.6 Å². The van der Waals surface area contributed by atoms with Crippen molar-refractivity contribution in [2.75, 3.05) is 26.2 Å². The molecular weight excluding hydrogens is 893 g/mol. The Labute approximate surface area is 403 Å². The lowest BCUT2D eigenvalue weighted by Crippen LogP contribution is -2.44. The third-order valence-electron chi connectivity index (χ3n) is 15.8. The first-order valence-corrected chi connectivity index (χ1v) is 24.4. The molecule has 10 aromatic rings. The number of imide groups is 4. The fourth-order valence-corrected chi connectivity index (χ4v) is 12.7. The lowest BCUT2D eigenvalue weighted by atomic mass is 9.82. The highest BCUT2D eigenvalue weighted by molar-refractivity contribution is 6.43. The van der Waals surface area contributed by atoms with Gasteiger partial charge in [0.1, 0.15) is 0 Å². The molecule has 0 aromatic heterocycles. The van der Waals surface area contributed by atoms with Crippen LogP contribution in [0.3, 0.4) is 0 Å². The molecule has 14 rings (SSSR count). The van der Waals surface area contributed by atoms with Crippen LogP contribution in [0.1, 0.15) is 129 Å². The number of carbonyl (C=O) groups is 8. The molecule has 0 spiro atoms. The summed E-state index contributed by atoms with van der Waals surface area (Å²) in [6.07, 6.45) is 3.39. The van der Waals surface area contributed by atoms with Crippen LogP contribution in [0.15, 0.2) is 97.1 Å². The standard InChI is InChI=1S/C59H40N4O8/c1-3-5-6-25-61-54(66)38-18-10-30-34-14-22-42-51-43(23-15-35(47(34)51)31-11-19-39(55(61)67)49(38)45(30)31)59(71)63(58(42)70)27-7-26-62-56(68)40-20-12-32-28-8-16-36-48-37(53(65)60(24-4-2)52(36)64)17-9-29(44(28)48)33-13-21-41(57(62)69)50(40)46(32)33/h8-23H,3-7,24-27H2,1-2H3. The smallest absolute Gasteiger partial charge is 0.261 e. The third-order valence-corrected chi connectivity index (χ3v) is 15.8. The zero-order valence-electron chi connectivity index (χ0n) is 38.7. The highest BCUT2D eigenvalue weighted by Gasteiger charge is 2.40. The molecule has 0 radical (unpaired) electrons. The number of unbranched alkanes of at least 4 members (excludes halogenated alkanes) is 2. The Morgan fingerprint density at radius 3 is 0.662 bits per heavy atom. The molecule has 12 heteroatoms. The summed E-state index contributed by atoms with van der Waals surface area (Å²) in [4.78, 5) is 118. The Morgan fingerprint density at radius 2 is 0.451 bits per heavy atom. The number of carbonyl (C=O) groups excluding carboxylic acids is 8. The summed E-state index contributed by atoms with van der Waals surface area (Å²) < 4.78 is 0. The minimum Gasteiger partial charge on any atom is -0.274 e. The molecule has 71 heavy (non-hydrogen) atoms. The van der Waals surface area contributed by atoms with E-state index in [9.17, 15) is 38.4 Å². The molecule has 344 valence electrons. The van der Waals surface area contributed by atoms with Crippen LogP contribution in [0.25, 0.3) is 86.2 Å². The predicted molar refractivity (Wildman–Crippen MR) is 271 cm³/mol. The Kier molecular flexibility index (Phi) is 8.42. The van der Waals surface area contributed by atoms with Gasteiger partial charge in [-0.1, -0.05) is 75.2 Å². The second-order valence-electron chi connectivity index (χ2n) is 19.4. The number of benzene rings is 10. The largest absolute Gasteiger partial charge is 0.274 e. The number of hydrogen-bond donors (Lipinski definition) is 0. The highest BCUT2D eigenvalue weighted by atomic mass is 16.2. The van der Waals surface area contributed by atoms with Crippen molar-refractivity contribution in [2.45, 2.75) is 46.0 Å². The second kappa shape index (κ2) is 14.5. The molecule has 4 aliphatic rings. The van der Waals surface area contributed by atoms with Gasteiger partial charge >= 0.3 is 0 Å². The number of nitrogens with zero attached hydrogens (tertiary/aromatic N) is 4. The molecule has 0 fully saturated rings. The molecular formula is C59H40N4O8. The summed E-state index contributed by atoms with van der Waals surface area (Å²) in [6, 6.07) is 29.1. The van der Waals surface area contributed by atoms with Gasteiger partial charge in [0.25, 0.3) is 47.3 Å². The summed E-state index contributed by atoms with van der Waals surface area (Å²) in [5, 5.41) is 11.9. The molecule has 8 amide bonds. The maximum absolute atomic E-state index is 14.4. The van der Waals surface area contributed by atoms with Crippen molar-refractivity contribution in [3.8, 4) is 0 Å². The first-order chi connectivity index (χ1) is 34.5. The number of fused-ring (bicyclic) bond motifs is 4. The van der Waals surface area contributed by atoms with Gasteiger partial charge in [-0.3, -0.25) is 58.0 Å². The van der Waals surface area contributed by atoms with Crippen molar-refractivity contribution in [3.05, 3.63) is 142 Å². The van der Waals surface area contributed by atoms with E-state index in [1.54, 1.807) is 48.5 Å². The van der Waals surface area contributed by atoms with Crippen LogP contribution in [-0.4, -0.2) is 93.0 Å². The van der Waals surface area contributed by atoms with E-state index < -0.39 is 23.6 Å². The maximum atomic E-state index is 14.4. The van der Waals surface area contributed by atoms with Crippen LogP contribution < -0.4 is 0 Å². The summed E-state index contributed by atoms with van der Waals surface area (Å²) in [6.45, 7) is 4.59. The van der Waals surface area contributed by atoms with Crippen LogP contribution in [0.4, 0.5) is 0 Å². The first kappa shape index (κ1) is 41.3. The van der Waals surface area contributed by atoms with Crippen LogP contribution in [0.5, 0.6) is 0 Å². The van der Waals surface area contributed by atoms with E-state index in [4.69, 9.17) is 0 Å². The van der Waals surface area contributed by atoms with Crippen molar-refractivity contribution in [3.63, 3.8) is 0 Å². The lowest BCUT2D eigenvalue weighted by molar-refractivity contribution is 0.0566. The SMILES string of the molecule is CCCCCN1C(=O)c2ccc3c4ccc5c6c(ccc(c7ccc(c2c37)C1=O)c64)C(=O)N(CCCN1C(=O)c2ccc3c4ccc6c7c(ccc(c8ccc(c2c38)C1=O)c74)C(=O)N(CCC)C6=O)C5=O. The minimum absolute atomic E-state index is 0.0451. The molecule has 4 heterocycles. The number of amides is 8. The van der Waals surface area contributed by atoms with Crippen LogP contribution >= 0.6 is 0 Å². The summed E-state index contributed by atoms with van der Waals surface area (Å²) in [5.41, 5.74) is 3.35. The normalized spacial score (nSPS) is 15.8. The zero-order chi connectivity index (χ0) is 48.5. The summed E-state index contributed by atoms with van der Waals surface area (Å²) in [5.74, 6) is -3.16. The van der Waals surface area contributed by atoms with E-state index in [-0.39, 0.29) is 43.1 Å². The van der Waals surface area contributed by atoms with Crippen LogP contribution in [0, 0.1) is 0 Å². The quantitative estimate of drug-likeness (QED) is 0.0569. The molecule has 0 atom stereocenters. The van der Waals surface area contributed by atoms with E-state index in [1.165, 1.54) is 19.6 Å². The van der Waals surface area contributed by atoms with E-state index in [0.717, 1.165) is 83.9 Å². The van der Waals surface area contributed by atoms with Crippen molar-refractivity contribution in [2.24, 2.45) is 0 Å². The Bertz CT molecular complexity index is 4030. The van der Waals surface area contributed by atoms with Crippen molar-refractivity contribution < 1.29 is 38.4 Å². The van der Waals surface area contributed by atoms with Gasteiger partial charge in [0, 0.05) is 92.2 Å². The lowest BCUT2D eigenvalue weighted by Gasteiger charge is -2.31. The zero-order valence-corrected chi connectivity index (χ0v) is 38.7. The average Bonchev–Trinajstić information content (AvgIpc) is 3.38. The number of hydrogen-bond acceptors (Lipinski definition) is 8. The fourth-order valence-electron chi connectivity index (χ4n) is 12.7. The summed E-state index contributed by atoms with van der Waals surface area (Å²) in [7, 11) is 0. The van der Waals surface area contributed by atoms with Gasteiger partial charge in [0.05, 0.1) is 0 Å². The van der Waals surface area contributed by atoms with Gasteiger partial charge in [0.15, 0.2) is 0 Å². The van der Waals surface area contributed by atoms with Crippen molar-refractivity contribution in [1.82, 2.24) is 19.6 Å². The fraction of sp³-hybridized carbons (Fsp3) is 0.186. The van der Waals surface area contributed by atoms with Gasteiger partial charge in [0.2, 0.25) is 0 Å². The Balaban J connectivity index is 0.777. The van der Waals surface area contributed by atoms with Crippen LogP contribution in [0.2, 0.25) is 0 Å². The molecule has 12 nitrogen and oxygen atoms in total. The number of rotatable bonds is 10. The van der Waals surface area contributed by atoms with Gasteiger partial charge in [-0.05, 0) is 132 Å². The molecule has 0 bridgehead atoms. The molecule has 10 aromatic carbocycles. The third kappa shape index (κ3) is 5.13. The summed E-state index contributed by atoms with van der Waals surface area (Å²) >= 11 is 0. The maximum Gasteiger partial charge on any atom is 0.261 e. The Morgan fingerprint density at radius 1 is 0.239 bits per heavy atom. The van der Waals surface area contributed by atoms with Crippen LogP contribution in [-0.2, 0) is 0 Å². The first-order valence-electron chi connectivity index (χ1n) is 24.4. The molecule has 0 aliphatic carbocycles. The van der Waals surface area contributed by atoms with Gasteiger partial charge in [-0.2, -0.15) is 0 Å². The van der Waals surface area contributed by atoms with Crippen molar-refractivity contribution >= 4 is 133 Å². The van der Waals surface area contributed by atoms with E-state index in [2.05, 4.69) is 6.92 Å². The second-order valence-corrected chi connectivity index (χ2v) is 19.4. The van der Waals surface area contributed by atoms with E-state index in [1.807, 2.05) is 55.5 Å².